The van der Waals surface area contributed by atoms with Gasteiger partial charge in [-0.25, -0.2) is 0 Å². The Balaban J connectivity index is 2.23. The van der Waals surface area contributed by atoms with Crippen molar-refractivity contribution in [1.82, 2.24) is 5.32 Å². The Labute approximate surface area is 134 Å². The third-order valence-electron chi connectivity index (χ3n) is 3.39. The molecule has 1 N–H and O–H groups in total. The lowest BCUT2D eigenvalue weighted by atomic mass is 10.0. The van der Waals surface area contributed by atoms with Gasteiger partial charge in [0, 0.05) is 11.8 Å². The van der Waals surface area contributed by atoms with Crippen LogP contribution in [0.1, 0.15) is 22.7 Å². The first-order chi connectivity index (χ1) is 10.0. The molecule has 0 aliphatic heterocycles. The molecule has 0 aromatic heterocycles. The lowest BCUT2D eigenvalue weighted by molar-refractivity contribution is 0.635. The Morgan fingerprint density at radius 1 is 1.14 bits per heavy atom. The molecular weight excluding hydrogens is 302 g/mol. The fraction of sp³-hybridized carbons (Fsp3) is 0.294. The van der Waals surface area contributed by atoms with Crippen molar-refractivity contribution in [3.63, 3.8) is 0 Å². The molecule has 0 fully saturated rings. The Morgan fingerprint density at radius 2 is 1.76 bits per heavy atom. The maximum Gasteiger partial charge on any atom is 0.0574 e. The van der Waals surface area contributed by atoms with Crippen molar-refractivity contribution in [3.05, 3.63) is 64.2 Å². The molecular formula is C17H20ClNOS. The predicted molar refractivity (Wildman–Crippen MR) is 90.4 cm³/mol. The summed E-state index contributed by atoms with van der Waals surface area (Å²) in [5.74, 6) is 0.503. The summed E-state index contributed by atoms with van der Waals surface area (Å²) in [4.78, 5) is 0.698. The molecule has 0 saturated heterocycles. The van der Waals surface area contributed by atoms with Gasteiger partial charge in [-0.05, 0) is 38.6 Å². The molecule has 0 aliphatic carbocycles. The number of rotatable bonds is 5. The second kappa shape index (κ2) is 7.21. The molecule has 2 atom stereocenters. The van der Waals surface area contributed by atoms with Gasteiger partial charge in [-0.15, -0.1) is 0 Å². The third kappa shape index (κ3) is 4.16. The molecule has 2 rings (SSSR count). The van der Waals surface area contributed by atoms with Crippen molar-refractivity contribution >= 4 is 22.4 Å². The summed E-state index contributed by atoms with van der Waals surface area (Å²) in [6.45, 7) is 4.16. The number of aryl methyl sites for hydroxylation is 2. The lowest BCUT2D eigenvalue weighted by Crippen LogP contribution is -2.23. The monoisotopic (exact) mass is 321 g/mol. The second-order valence-electron chi connectivity index (χ2n) is 5.20. The first-order valence-electron chi connectivity index (χ1n) is 6.89. The maximum atomic E-state index is 12.6. The van der Waals surface area contributed by atoms with E-state index in [9.17, 15) is 4.21 Å². The highest BCUT2D eigenvalue weighted by Gasteiger charge is 2.16. The van der Waals surface area contributed by atoms with Gasteiger partial charge >= 0.3 is 0 Å². The zero-order chi connectivity index (χ0) is 15.4. The Bertz CT molecular complexity index is 637. The highest BCUT2D eigenvalue weighted by atomic mass is 35.5. The molecule has 2 aromatic carbocycles. The standard InChI is InChI=1S/C17H20ClNOS/c1-12-8-13(2)10-14(9-12)16(19-3)11-21(20)17-7-5-4-6-15(17)18/h4-10,16,19H,11H2,1-3H3. The Morgan fingerprint density at radius 3 is 2.33 bits per heavy atom. The molecule has 2 nitrogen and oxygen atoms in total. The Kier molecular flexibility index (Phi) is 5.57. The summed E-state index contributed by atoms with van der Waals surface area (Å²) in [5, 5.41) is 3.82. The van der Waals surface area contributed by atoms with E-state index in [1.807, 2.05) is 25.2 Å². The van der Waals surface area contributed by atoms with E-state index in [-0.39, 0.29) is 6.04 Å². The van der Waals surface area contributed by atoms with Gasteiger partial charge in [0.1, 0.15) is 0 Å². The average Bonchev–Trinajstić information content (AvgIpc) is 2.43. The molecule has 0 radical (unpaired) electrons. The maximum absolute atomic E-state index is 12.6. The van der Waals surface area contributed by atoms with Crippen molar-refractivity contribution < 1.29 is 4.21 Å². The fourth-order valence-electron chi connectivity index (χ4n) is 2.43. The largest absolute Gasteiger partial charge is 0.312 e. The summed E-state index contributed by atoms with van der Waals surface area (Å²) in [6, 6.07) is 13.8. The van der Waals surface area contributed by atoms with Crippen molar-refractivity contribution in [3.8, 4) is 0 Å². The minimum Gasteiger partial charge on any atom is -0.312 e. The van der Waals surface area contributed by atoms with E-state index in [2.05, 4.69) is 37.4 Å². The van der Waals surface area contributed by atoms with Crippen LogP contribution in [0.2, 0.25) is 5.02 Å². The van der Waals surface area contributed by atoms with Crippen LogP contribution in [0.5, 0.6) is 0 Å². The molecule has 0 amide bonds. The summed E-state index contributed by atoms with van der Waals surface area (Å²) < 4.78 is 12.6. The van der Waals surface area contributed by atoms with Crippen LogP contribution in [0.15, 0.2) is 47.4 Å². The topological polar surface area (TPSA) is 29.1 Å². The molecule has 0 saturated carbocycles. The van der Waals surface area contributed by atoms with E-state index in [1.165, 1.54) is 11.1 Å². The quantitative estimate of drug-likeness (QED) is 0.901. The average molecular weight is 322 g/mol. The summed E-state index contributed by atoms with van der Waals surface area (Å²) in [6.07, 6.45) is 0. The first-order valence-corrected chi connectivity index (χ1v) is 8.59. The van der Waals surface area contributed by atoms with Crippen molar-refractivity contribution in [2.24, 2.45) is 0 Å². The van der Waals surface area contributed by atoms with Crippen LogP contribution in [0, 0.1) is 13.8 Å². The van der Waals surface area contributed by atoms with E-state index in [0.29, 0.717) is 15.7 Å². The minimum atomic E-state index is -1.13. The lowest BCUT2D eigenvalue weighted by Gasteiger charge is -2.18. The van der Waals surface area contributed by atoms with E-state index in [1.54, 1.807) is 6.07 Å². The van der Waals surface area contributed by atoms with Crippen LogP contribution in [0.4, 0.5) is 0 Å². The van der Waals surface area contributed by atoms with Crippen LogP contribution in [-0.2, 0) is 10.8 Å². The van der Waals surface area contributed by atoms with Gasteiger partial charge in [0.25, 0.3) is 0 Å². The van der Waals surface area contributed by atoms with Crippen molar-refractivity contribution in [2.45, 2.75) is 24.8 Å². The van der Waals surface area contributed by atoms with E-state index in [0.717, 1.165) is 5.56 Å². The fourth-order valence-corrected chi connectivity index (χ4v) is 4.18. The van der Waals surface area contributed by atoms with Gasteiger partial charge in [-0.3, -0.25) is 4.21 Å². The third-order valence-corrected chi connectivity index (χ3v) is 5.32. The zero-order valence-corrected chi connectivity index (χ0v) is 14.1. The van der Waals surface area contributed by atoms with E-state index >= 15 is 0 Å². The molecule has 0 aliphatic rings. The number of nitrogens with one attached hydrogen (secondary N) is 1. The molecule has 0 heterocycles. The van der Waals surface area contributed by atoms with Crippen LogP contribution < -0.4 is 5.32 Å². The van der Waals surface area contributed by atoms with Gasteiger partial charge in [0.2, 0.25) is 0 Å². The summed E-state index contributed by atoms with van der Waals surface area (Å²) >= 11 is 6.13. The van der Waals surface area contributed by atoms with Gasteiger partial charge in [0.15, 0.2) is 0 Å². The molecule has 0 spiro atoms. The van der Waals surface area contributed by atoms with Crippen LogP contribution in [0.3, 0.4) is 0 Å². The molecule has 4 heteroatoms. The first kappa shape index (κ1) is 16.2. The van der Waals surface area contributed by atoms with Gasteiger partial charge in [0.05, 0.1) is 20.7 Å². The zero-order valence-electron chi connectivity index (χ0n) is 12.5. The highest BCUT2D eigenvalue weighted by Crippen LogP contribution is 2.23. The van der Waals surface area contributed by atoms with Gasteiger partial charge in [-0.1, -0.05) is 53.1 Å². The van der Waals surface area contributed by atoms with Crippen LogP contribution in [0.25, 0.3) is 0 Å². The molecule has 2 unspecified atom stereocenters. The number of halogens is 1. The van der Waals surface area contributed by atoms with Crippen LogP contribution in [-0.4, -0.2) is 17.0 Å². The van der Waals surface area contributed by atoms with Crippen LogP contribution >= 0.6 is 11.6 Å². The Hall–Kier alpha value is -1.16. The van der Waals surface area contributed by atoms with E-state index in [4.69, 9.17) is 11.6 Å². The SMILES string of the molecule is CNC(CS(=O)c1ccccc1Cl)c1cc(C)cc(C)c1. The second-order valence-corrected chi connectivity index (χ2v) is 7.08. The minimum absolute atomic E-state index is 0.0423. The predicted octanol–water partition coefficient (Wildman–Crippen LogP) is 4.03. The summed E-state index contributed by atoms with van der Waals surface area (Å²) in [5.41, 5.74) is 3.60. The molecule has 2 aromatic rings. The molecule has 112 valence electrons. The summed E-state index contributed by atoms with van der Waals surface area (Å²) in [7, 11) is 0.762. The molecule has 21 heavy (non-hydrogen) atoms. The number of hydrogen-bond acceptors (Lipinski definition) is 2. The van der Waals surface area contributed by atoms with Crippen molar-refractivity contribution in [2.75, 3.05) is 12.8 Å². The smallest absolute Gasteiger partial charge is 0.0574 e. The number of benzene rings is 2. The highest BCUT2D eigenvalue weighted by molar-refractivity contribution is 7.85. The van der Waals surface area contributed by atoms with Gasteiger partial charge in [-0.2, -0.15) is 0 Å². The van der Waals surface area contributed by atoms with Gasteiger partial charge < -0.3 is 5.32 Å². The van der Waals surface area contributed by atoms with Crippen molar-refractivity contribution in [1.29, 1.82) is 0 Å². The normalized spacial score (nSPS) is 13.9. The van der Waals surface area contributed by atoms with E-state index < -0.39 is 10.8 Å². The molecule has 0 bridgehead atoms. The number of hydrogen-bond donors (Lipinski definition) is 1.